The van der Waals surface area contributed by atoms with Gasteiger partial charge in [-0.2, -0.15) is 5.26 Å². The van der Waals surface area contributed by atoms with Crippen LogP contribution in [0.3, 0.4) is 0 Å². The summed E-state index contributed by atoms with van der Waals surface area (Å²) in [6.07, 6.45) is 0.620. The van der Waals surface area contributed by atoms with Crippen LogP contribution in [0.25, 0.3) is 0 Å². The van der Waals surface area contributed by atoms with E-state index in [0.717, 1.165) is 11.1 Å². The van der Waals surface area contributed by atoms with Crippen LogP contribution < -0.4 is 10.5 Å². The molecule has 21 heavy (non-hydrogen) atoms. The molecular weight excluding hydrogens is 267 g/mol. The summed E-state index contributed by atoms with van der Waals surface area (Å²) < 4.78 is 19.4. The molecule has 0 saturated heterocycles. The standard InChI is InChI=1S/C17H17FN2O/c1-12(20)8-13-6-7-17(16(18)9-13)21-11-15-5-3-2-4-14(15)10-19/h2-7,9,12H,8,11,20H2,1H3. The number of halogens is 1. The van der Waals surface area contributed by atoms with Crippen molar-refractivity contribution in [1.29, 1.82) is 5.26 Å². The first-order chi connectivity index (χ1) is 10.1. The topological polar surface area (TPSA) is 59.0 Å². The summed E-state index contributed by atoms with van der Waals surface area (Å²) in [6.45, 7) is 2.04. The molecule has 1 unspecified atom stereocenters. The Labute approximate surface area is 123 Å². The lowest BCUT2D eigenvalue weighted by Crippen LogP contribution is -2.17. The molecule has 0 spiro atoms. The van der Waals surface area contributed by atoms with Crippen LogP contribution in [0.15, 0.2) is 42.5 Å². The normalized spacial score (nSPS) is 11.7. The minimum atomic E-state index is -0.414. The highest BCUT2D eigenvalue weighted by Crippen LogP contribution is 2.21. The van der Waals surface area contributed by atoms with Gasteiger partial charge in [-0.15, -0.1) is 0 Å². The molecular formula is C17H17FN2O. The molecule has 0 bridgehead atoms. The second-order valence-electron chi connectivity index (χ2n) is 5.00. The fraction of sp³-hybridized carbons (Fsp3) is 0.235. The van der Waals surface area contributed by atoms with Crippen molar-refractivity contribution < 1.29 is 9.13 Å². The Morgan fingerprint density at radius 2 is 2.05 bits per heavy atom. The Hall–Kier alpha value is -2.38. The highest BCUT2D eigenvalue weighted by atomic mass is 19.1. The van der Waals surface area contributed by atoms with Crippen molar-refractivity contribution in [3.05, 3.63) is 65.0 Å². The predicted molar refractivity (Wildman–Crippen MR) is 79.2 cm³/mol. The van der Waals surface area contributed by atoms with Gasteiger partial charge in [-0.1, -0.05) is 24.3 Å². The van der Waals surface area contributed by atoms with Gasteiger partial charge in [0.05, 0.1) is 11.6 Å². The molecule has 0 saturated carbocycles. The number of nitriles is 1. The fourth-order valence-electron chi connectivity index (χ4n) is 2.07. The highest BCUT2D eigenvalue weighted by Gasteiger charge is 2.08. The van der Waals surface area contributed by atoms with Crippen molar-refractivity contribution in [1.82, 2.24) is 0 Å². The zero-order valence-corrected chi connectivity index (χ0v) is 11.8. The van der Waals surface area contributed by atoms with Crippen molar-refractivity contribution in [2.45, 2.75) is 26.0 Å². The molecule has 0 aromatic heterocycles. The molecule has 0 aliphatic heterocycles. The van der Waals surface area contributed by atoms with Gasteiger partial charge in [-0.05, 0) is 37.1 Å². The molecule has 0 radical (unpaired) electrons. The van der Waals surface area contributed by atoms with E-state index in [4.69, 9.17) is 15.7 Å². The van der Waals surface area contributed by atoms with E-state index >= 15 is 0 Å². The lowest BCUT2D eigenvalue weighted by Gasteiger charge is -2.10. The molecule has 108 valence electrons. The first-order valence-electron chi connectivity index (χ1n) is 6.75. The van der Waals surface area contributed by atoms with E-state index in [0.29, 0.717) is 12.0 Å². The average Bonchev–Trinajstić information content (AvgIpc) is 2.46. The van der Waals surface area contributed by atoms with Crippen LogP contribution in [0.5, 0.6) is 5.75 Å². The number of hydrogen-bond acceptors (Lipinski definition) is 3. The molecule has 0 aliphatic carbocycles. The van der Waals surface area contributed by atoms with Crippen LogP contribution in [0.4, 0.5) is 4.39 Å². The first kappa shape index (κ1) is 15.0. The van der Waals surface area contributed by atoms with Gasteiger partial charge in [0.2, 0.25) is 0 Å². The Kier molecular flexibility index (Phi) is 4.91. The third kappa shape index (κ3) is 4.04. The summed E-state index contributed by atoms with van der Waals surface area (Å²) in [5.74, 6) is -0.237. The number of hydrogen-bond donors (Lipinski definition) is 1. The summed E-state index contributed by atoms with van der Waals surface area (Å²) >= 11 is 0. The molecule has 0 heterocycles. The molecule has 3 nitrogen and oxygen atoms in total. The SMILES string of the molecule is CC(N)Cc1ccc(OCc2ccccc2C#N)c(F)c1. The lowest BCUT2D eigenvalue weighted by atomic mass is 10.1. The molecule has 0 fully saturated rings. The van der Waals surface area contributed by atoms with E-state index in [1.54, 1.807) is 30.3 Å². The van der Waals surface area contributed by atoms with Gasteiger partial charge in [0, 0.05) is 11.6 Å². The van der Waals surface area contributed by atoms with E-state index in [-0.39, 0.29) is 18.4 Å². The third-order valence-corrected chi connectivity index (χ3v) is 3.07. The maximum Gasteiger partial charge on any atom is 0.165 e. The van der Waals surface area contributed by atoms with E-state index in [1.165, 1.54) is 6.07 Å². The monoisotopic (exact) mass is 284 g/mol. The summed E-state index contributed by atoms with van der Waals surface area (Å²) in [4.78, 5) is 0. The molecule has 0 amide bonds. The van der Waals surface area contributed by atoms with Crippen molar-refractivity contribution in [2.24, 2.45) is 5.73 Å². The van der Waals surface area contributed by atoms with Gasteiger partial charge >= 0.3 is 0 Å². The van der Waals surface area contributed by atoms with Gasteiger partial charge in [-0.3, -0.25) is 0 Å². The van der Waals surface area contributed by atoms with E-state index in [2.05, 4.69) is 6.07 Å². The number of benzene rings is 2. The van der Waals surface area contributed by atoms with Crippen molar-refractivity contribution in [2.75, 3.05) is 0 Å². The predicted octanol–water partition coefficient (Wildman–Crippen LogP) is 3.17. The maximum absolute atomic E-state index is 14.0. The molecule has 1 atom stereocenters. The molecule has 2 aromatic carbocycles. The van der Waals surface area contributed by atoms with Crippen molar-refractivity contribution in [3.8, 4) is 11.8 Å². The van der Waals surface area contributed by atoms with Gasteiger partial charge in [0.15, 0.2) is 11.6 Å². The zero-order chi connectivity index (χ0) is 15.2. The Morgan fingerprint density at radius 1 is 1.29 bits per heavy atom. The quantitative estimate of drug-likeness (QED) is 0.917. The average molecular weight is 284 g/mol. The Balaban J connectivity index is 2.08. The van der Waals surface area contributed by atoms with Gasteiger partial charge < -0.3 is 10.5 Å². The van der Waals surface area contributed by atoms with Crippen LogP contribution >= 0.6 is 0 Å². The van der Waals surface area contributed by atoms with Gasteiger partial charge in [0.1, 0.15) is 6.61 Å². The van der Waals surface area contributed by atoms with Gasteiger partial charge in [-0.25, -0.2) is 4.39 Å². The second-order valence-corrected chi connectivity index (χ2v) is 5.00. The molecule has 0 aliphatic rings. The van der Waals surface area contributed by atoms with Crippen LogP contribution in [0.1, 0.15) is 23.6 Å². The maximum atomic E-state index is 14.0. The van der Waals surface area contributed by atoms with Crippen LogP contribution in [-0.2, 0) is 13.0 Å². The van der Waals surface area contributed by atoms with Gasteiger partial charge in [0.25, 0.3) is 0 Å². The van der Waals surface area contributed by atoms with Crippen molar-refractivity contribution >= 4 is 0 Å². The summed E-state index contributed by atoms with van der Waals surface area (Å²) in [7, 11) is 0. The summed E-state index contributed by atoms with van der Waals surface area (Å²) in [5.41, 5.74) is 7.80. The smallest absolute Gasteiger partial charge is 0.165 e. The Bertz CT molecular complexity index is 662. The second kappa shape index (κ2) is 6.87. The number of nitrogens with two attached hydrogens (primary N) is 1. The van der Waals surface area contributed by atoms with E-state index < -0.39 is 5.82 Å². The first-order valence-corrected chi connectivity index (χ1v) is 6.75. The van der Waals surface area contributed by atoms with Crippen LogP contribution in [0.2, 0.25) is 0 Å². The molecule has 4 heteroatoms. The number of nitrogens with zero attached hydrogens (tertiary/aromatic N) is 1. The minimum absolute atomic E-state index is 0.0151. The minimum Gasteiger partial charge on any atom is -0.486 e. The molecule has 2 rings (SSSR count). The van der Waals surface area contributed by atoms with Crippen molar-refractivity contribution in [3.63, 3.8) is 0 Å². The number of rotatable bonds is 5. The van der Waals surface area contributed by atoms with Crippen LogP contribution in [-0.4, -0.2) is 6.04 Å². The summed E-state index contributed by atoms with van der Waals surface area (Å²) in [5, 5.41) is 9.00. The third-order valence-electron chi connectivity index (χ3n) is 3.07. The highest BCUT2D eigenvalue weighted by molar-refractivity contribution is 5.37. The zero-order valence-electron chi connectivity index (χ0n) is 11.8. The number of ether oxygens (including phenoxy) is 1. The Morgan fingerprint density at radius 3 is 2.71 bits per heavy atom. The summed E-state index contributed by atoms with van der Waals surface area (Å²) in [6, 6.07) is 14.0. The lowest BCUT2D eigenvalue weighted by molar-refractivity contribution is 0.290. The fourth-order valence-corrected chi connectivity index (χ4v) is 2.07. The largest absolute Gasteiger partial charge is 0.486 e. The van der Waals surface area contributed by atoms with E-state index in [1.807, 2.05) is 13.0 Å². The van der Waals surface area contributed by atoms with E-state index in [9.17, 15) is 4.39 Å². The molecule has 2 aromatic rings. The van der Waals surface area contributed by atoms with Crippen LogP contribution in [0, 0.1) is 17.1 Å². The molecule has 2 N–H and O–H groups in total.